The van der Waals surface area contributed by atoms with E-state index in [0.29, 0.717) is 5.13 Å². The van der Waals surface area contributed by atoms with Gasteiger partial charge in [0.2, 0.25) is 5.91 Å². The number of anilines is 1. The van der Waals surface area contributed by atoms with Crippen LogP contribution in [0.25, 0.3) is 10.2 Å². The number of benzene rings is 2. The predicted octanol–water partition coefficient (Wildman–Crippen LogP) is 3.97. The molecule has 0 bridgehead atoms. The lowest BCUT2D eigenvalue weighted by atomic mass is 10.1. The number of hydrogen-bond acceptors (Lipinski definition) is 5. The van der Waals surface area contributed by atoms with Crippen molar-refractivity contribution >= 4 is 42.4 Å². The van der Waals surface area contributed by atoms with Crippen LogP contribution in [0.15, 0.2) is 47.4 Å². The molecule has 1 heterocycles. The average Bonchev–Trinajstić information content (AvgIpc) is 2.96. The quantitative estimate of drug-likeness (QED) is 0.717. The molecule has 26 heavy (non-hydrogen) atoms. The van der Waals surface area contributed by atoms with E-state index in [0.717, 1.165) is 21.3 Å². The SMILES string of the molecule is Cc1ccc2nc(NC(=O)Cc3ccc(S(=O)(=O)C(C)C)cc3)sc2c1. The molecule has 1 aromatic heterocycles. The van der Waals surface area contributed by atoms with Gasteiger partial charge in [-0.15, -0.1) is 0 Å². The summed E-state index contributed by atoms with van der Waals surface area (Å²) in [6, 6.07) is 12.4. The number of nitrogens with zero attached hydrogens (tertiary/aromatic N) is 1. The van der Waals surface area contributed by atoms with Crippen molar-refractivity contribution in [2.45, 2.75) is 37.3 Å². The third-order valence-electron chi connectivity index (χ3n) is 4.03. The van der Waals surface area contributed by atoms with Crippen molar-refractivity contribution in [2.75, 3.05) is 5.32 Å². The Bertz CT molecular complexity index is 1050. The molecular weight excluding hydrogens is 368 g/mol. The summed E-state index contributed by atoms with van der Waals surface area (Å²) in [4.78, 5) is 16.9. The van der Waals surface area contributed by atoms with Gasteiger partial charge in [0.1, 0.15) is 0 Å². The number of carbonyl (C=O) groups is 1. The van der Waals surface area contributed by atoms with Gasteiger partial charge in [-0.25, -0.2) is 13.4 Å². The minimum atomic E-state index is -3.30. The second-order valence-electron chi connectivity index (χ2n) is 6.45. The van der Waals surface area contributed by atoms with Crippen molar-refractivity contribution in [1.29, 1.82) is 0 Å². The van der Waals surface area contributed by atoms with Crippen LogP contribution in [-0.2, 0) is 21.1 Å². The summed E-state index contributed by atoms with van der Waals surface area (Å²) in [6.45, 7) is 5.31. The maximum Gasteiger partial charge on any atom is 0.230 e. The van der Waals surface area contributed by atoms with Crippen LogP contribution in [0, 0.1) is 6.92 Å². The molecule has 3 aromatic rings. The van der Waals surface area contributed by atoms with E-state index >= 15 is 0 Å². The third kappa shape index (κ3) is 3.94. The van der Waals surface area contributed by atoms with Gasteiger partial charge in [-0.05, 0) is 56.2 Å². The Kier molecular flexibility index (Phi) is 5.11. The summed E-state index contributed by atoms with van der Waals surface area (Å²) in [5.41, 5.74) is 2.76. The Morgan fingerprint density at radius 1 is 1.15 bits per heavy atom. The molecule has 0 aliphatic heterocycles. The van der Waals surface area contributed by atoms with Crippen LogP contribution in [0.5, 0.6) is 0 Å². The Morgan fingerprint density at radius 3 is 2.50 bits per heavy atom. The van der Waals surface area contributed by atoms with Crippen molar-refractivity contribution < 1.29 is 13.2 Å². The molecule has 2 aromatic carbocycles. The van der Waals surface area contributed by atoms with Crippen LogP contribution in [0.1, 0.15) is 25.0 Å². The molecule has 7 heteroatoms. The number of sulfone groups is 1. The van der Waals surface area contributed by atoms with Gasteiger partial charge in [-0.3, -0.25) is 4.79 Å². The Hall–Kier alpha value is -2.25. The first-order valence-corrected chi connectivity index (χ1v) is 10.6. The molecular formula is C19H20N2O3S2. The molecule has 136 valence electrons. The molecule has 1 amide bonds. The average molecular weight is 389 g/mol. The van der Waals surface area contributed by atoms with Crippen LogP contribution < -0.4 is 5.32 Å². The van der Waals surface area contributed by atoms with Gasteiger partial charge in [-0.1, -0.05) is 29.5 Å². The van der Waals surface area contributed by atoms with E-state index < -0.39 is 15.1 Å². The van der Waals surface area contributed by atoms with Crippen LogP contribution in [0.2, 0.25) is 0 Å². The lowest BCUT2D eigenvalue weighted by molar-refractivity contribution is -0.115. The topological polar surface area (TPSA) is 76.1 Å². The van der Waals surface area contributed by atoms with Gasteiger partial charge in [0.15, 0.2) is 15.0 Å². The fourth-order valence-corrected chi connectivity index (χ4v) is 4.54. The molecule has 0 spiro atoms. The molecule has 0 radical (unpaired) electrons. The highest BCUT2D eigenvalue weighted by Gasteiger charge is 2.19. The molecule has 0 aliphatic rings. The molecule has 5 nitrogen and oxygen atoms in total. The first kappa shape index (κ1) is 18.5. The van der Waals surface area contributed by atoms with Crippen LogP contribution in [0.4, 0.5) is 5.13 Å². The van der Waals surface area contributed by atoms with E-state index in [2.05, 4.69) is 10.3 Å². The second-order valence-corrected chi connectivity index (χ2v) is 9.99. The highest BCUT2D eigenvalue weighted by Crippen LogP contribution is 2.26. The van der Waals surface area contributed by atoms with Gasteiger partial charge < -0.3 is 5.32 Å². The first-order valence-electron chi connectivity index (χ1n) is 8.25. The zero-order valence-corrected chi connectivity index (χ0v) is 16.4. The van der Waals surface area contributed by atoms with E-state index in [1.54, 1.807) is 38.1 Å². The molecule has 0 aliphatic carbocycles. The first-order chi connectivity index (χ1) is 12.3. The maximum atomic E-state index is 12.3. The molecule has 0 saturated carbocycles. The number of fused-ring (bicyclic) bond motifs is 1. The van der Waals surface area contributed by atoms with E-state index in [1.165, 1.54) is 11.3 Å². The third-order valence-corrected chi connectivity index (χ3v) is 7.13. The van der Waals surface area contributed by atoms with E-state index in [9.17, 15) is 13.2 Å². The minimum Gasteiger partial charge on any atom is -0.302 e. The number of amides is 1. The number of rotatable bonds is 5. The van der Waals surface area contributed by atoms with Gasteiger partial charge in [0.05, 0.1) is 26.8 Å². The standard InChI is InChI=1S/C19H20N2O3S2/c1-12(2)26(23,24)15-7-5-14(6-8-15)11-18(22)21-19-20-16-9-4-13(3)10-17(16)25-19/h4-10,12H,11H2,1-3H3,(H,20,21,22). The van der Waals surface area contributed by atoms with Gasteiger partial charge >= 0.3 is 0 Å². The molecule has 0 unspecified atom stereocenters. The Labute approximate surface area is 157 Å². The van der Waals surface area contributed by atoms with Crippen molar-refractivity contribution in [1.82, 2.24) is 4.98 Å². The summed E-state index contributed by atoms with van der Waals surface area (Å²) in [7, 11) is -3.30. The van der Waals surface area contributed by atoms with Crippen molar-refractivity contribution in [3.05, 3.63) is 53.6 Å². The summed E-state index contributed by atoms with van der Waals surface area (Å²) in [6.07, 6.45) is 0.164. The second kappa shape index (κ2) is 7.17. The number of carbonyl (C=O) groups excluding carboxylic acids is 1. The summed E-state index contributed by atoms with van der Waals surface area (Å²) < 4.78 is 25.3. The minimum absolute atomic E-state index is 0.164. The van der Waals surface area contributed by atoms with E-state index in [-0.39, 0.29) is 17.2 Å². The number of nitrogens with one attached hydrogen (secondary N) is 1. The van der Waals surface area contributed by atoms with Crippen LogP contribution in [-0.4, -0.2) is 24.6 Å². The lowest BCUT2D eigenvalue weighted by Gasteiger charge is -2.08. The zero-order valence-electron chi connectivity index (χ0n) is 14.8. The van der Waals surface area contributed by atoms with Crippen molar-refractivity contribution in [3.8, 4) is 0 Å². The van der Waals surface area contributed by atoms with Crippen molar-refractivity contribution in [3.63, 3.8) is 0 Å². The molecule has 3 rings (SSSR count). The van der Waals surface area contributed by atoms with Crippen molar-refractivity contribution in [2.24, 2.45) is 0 Å². The highest BCUT2D eigenvalue weighted by molar-refractivity contribution is 7.92. The number of thiazole rings is 1. The van der Waals surface area contributed by atoms with Crippen LogP contribution >= 0.6 is 11.3 Å². The summed E-state index contributed by atoms with van der Waals surface area (Å²) >= 11 is 1.44. The number of aryl methyl sites for hydroxylation is 1. The predicted molar refractivity (Wildman–Crippen MR) is 105 cm³/mol. The smallest absolute Gasteiger partial charge is 0.230 e. The summed E-state index contributed by atoms with van der Waals surface area (Å²) in [5, 5.41) is 2.90. The molecule has 0 fully saturated rings. The fraction of sp³-hybridized carbons (Fsp3) is 0.263. The highest BCUT2D eigenvalue weighted by atomic mass is 32.2. The largest absolute Gasteiger partial charge is 0.302 e. The molecule has 1 N–H and O–H groups in total. The van der Waals surface area contributed by atoms with E-state index in [4.69, 9.17) is 0 Å². The monoisotopic (exact) mass is 388 g/mol. The normalized spacial score (nSPS) is 11.8. The van der Waals surface area contributed by atoms with Crippen LogP contribution in [0.3, 0.4) is 0 Å². The Morgan fingerprint density at radius 2 is 1.85 bits per heavy atom. The van der Waals surface area contributed by atoms with Gasteiger partial charge in [0, 0.05) is 0 Å². The van der Waals surface area contributed by atoms with E-state index in [1.807, 2.05) is 25.1 Å². The zero-order chi connectivity index (χ0) is 18.9. The Balaban J connectivity index is 1.69. The molecule has 0 atom stereocenters. The van der Waals surface area contributed by atoms with Gasteiger partial charge in [-0.2, -0.15) is 0 Å². The van der Waals surface area contributed by atoms with Gasteiger partial charge in [0.25, 0.3) is 0 Å². The fourth-order valence-electron chi connectivity index (χ4n) is 2.50. The molecule has 0 saturated heterocycles. The maximum absolute atomic E-state index is 12.3. The number of aromatic nitrogens is 1. The summed E-state index contributed by atoms with van der Waals surface area (Å²) in [5.74, 6) is -0.180. The number of hydrogen-bond donors (Lipinski definition) is 1. The lowest BCUT2D eigenvalue weighted by Crippen LogP contribution is -2.15.